The molecule has 1 spiro atoms. The summed E-state index contributed by atoms with van der Waals surface area (Å²) in [5.41, 5.74) is 10.5. The molecule has 2 aliphatic heterocycles. The van der Waals surface area contributed by atoms with E-state index in [0.717, 1.165) is 48.4 Å². The highest BCUT2D eigenvalue weighted by Gasteiger charge is 2.50. The number of aromatic nitrogens is 2. The predicted octanol–water partition coefficient (Wildman–Crippen LogP) is 3.99. The highest BCUT2D eigenvalue weighted by Crippen LogP contribution is 2.54. The first-order valence-electron chi connectivity index (χ1n) is 12.6. The van der Waals surface area contributed by atoms with Gasteiger partial charge in [0.25, 0.3) is 11.8 Å². The van der Waals surface area contributed by atoms with E-state index in [2.05, 4.69) is 20.2 Å². The van der Waals surface area contributed by atoms with Crippen LogP contribution in [0.4, 0.5) is 37.3 Å². The van der Waals surface area contributed by atoms with E-state index in [-0.39, 0.29) is 22.9 Å². The molecule has 200 valence electrons. The highest BCUT2D eigenvalue weighted by molar-refractivity contribution is 5.76. The van der Waals surface area contributed by atoms with Crippen LogP contribution in [0.25, 0.3) is 0 Å². The van der Waals surface area contributed by atoms with Gasteiger partial charge in [0, 0.05) is 43.5 Å². The molecule has 1 aromatic carbocycles. The van der Waals surface area contributed by atoms with Gasteiger partial charge >= 0.3 is 0 Å². The molecule has 3 N–H and O–H groups in total. The molecule has 0 unspecified atom stereocenters. The van der Waals surface area contributed by atoms with Gasteiger partial charge in [0.2, 0.25) is 11.6 Å². The van der Waals surface area contributed by atoms with E-state index < -0.39 is 11.6 Å². The molecular formula is C27H30F2N6O3. The SMILES string of the molecule is COc1nc(OC)c(F)c(N2Cc3cnc(Nc4ccc(N5CCOCC5)cc4N)cc3C3(CC3)C2)c1F. The van der Waals surface area contributed by atoms with Crippen molar-refractivity contribution < 1.29 is 23.0 Å². The molecule has 11 heteroatoms. The smallest absolute Gasteiger partial charge is 0.255 e. The molecule has 0 radical (unpaired) electrons. The Morgan fingerprint density at radius 2 is 1.74 bits per heavy atom. The van der Waals surface area contributed by atoms with E-state index in [9.17, 15) is 0 Å². The lowest BCUT2D eigenvalue weighted by Gasteiger charge is -2.37. The number of methoxy groups -OCH3 is 2. The van der Waals surface area contributed by atoms with Crippen molar-refractivity contribution in [1.29, 1.82) is 0 Å². The van der Waals surface area contributed by atoms with Crippen LogP contribution in [-0.2, 0) is 16.7 Å². The third kappa shape index (κ3) is 4.20. The number of ether oxygens (including phenoxy) is 3. The topological polar surface area (TPSA) is 98.0 Å². The standard InChI is InChI=1S/C27H30F2N6O3/c1-36-25-22(28)24(23(29)26(33-25)37-2)35-14-16-13-31-21(12-18(16)27(15-35)5-6-27)32-20-4-3-17(11-19(20)30)34-7-9-38-10-8-34/h3-4,11-13H,5-10,14-15,30H2,1-2H3,(H,31,32). The van der Waals surface area contributed by atoms with Crippen LogP contribution < -0.4 is 30.3 Å². The predicted molar refractivity (Wildman–Crippen MR) is 141 cm³/mol. The fraction of sp³-hybridized carbons (Fsp3) is 0.407. The molecule has 9 nitrogen and oxygen atoms in total. The summed E-state index contributed by atoms with van der Waals surface area (Å²) in [6.45, 7) is 3.85. The zero-order valence-corrected chi connectivity index (χ0v) is 21.4. The van der Waals surface area contributed by atoms with E-state index in [4.69, 9.17) is 19.9 Å². The van der Waals surface area contributed by atoms with Gasteiger partial charge in [-0.1, -0.05) is 0 Å². The fourth-order valence-corrected chi connectivity index (χ4v) is 5.48. The van der Waals surface area contributed by atoms with Crippen LogP contribution in [-0.4, -0.2) is 57.0 Å². The molecule has 2 fully saturated rings. The minimum Gasteiger partial charge on any atom is -0.479 e. The van der Waals surface area contributed by atoms with E-state index in [1.54, 1.807) is 11.1 Å². The van der Waals surface area contributed by atoms with Gasteiger partial charge in [0.15, 0.2) is 0 Å². The number of morpholine rings is 1. The first-order chi connectivity index (χ1) is 18.4. The van der Waals surface area contributed by atoms with Crippen LogP contribution in [0.5, 0.6) is 11.8 Å². The Morgan fingerprint density at radius 1 is 1.03 bits per heavy atom. The summed E-state index contributed by atoms with van der Waals surface area (Å²) in [7, 11) is 2.59. The number of nitrogens with two attached hydrogens (primary N) is 1. The van der Waals surface area contributed by atoms with Gasteiger partial charge in [-0.05, 0) is 48.2 Å². The van der Waals surface area contributed by atoms with Crippen molar-refractivity contribution in [3.05, 3.63) is 53.2 Å². The number of hydrogen-bond acceptors (Lipinski definition) is 9. The molecule has 3 aromatic rings. The van der Waals surface area contributed by atoms with Crippen LogP contribution in [0.2, 0.25) is 0 Å². The fourth-order valence-electron chi connectivity index (χ4n) is 5.48. The minimum atomic E-state index is -0.840. The zero-order valence-electron chi connectivity index (χ0n) is 21.4. The van der Waals surface area contributed by atoms with Gasteiger partial charge in [0.1, 0.15) is 11.5 Å². The molecule has 0 atom stereocenters. The molecule has 1 saturated heterocycles. The molecule has 6 rings (SSSR count). The molecule has 1 aliphatic carbocycles. The lowest BCUT2D eigenvalue weighted by Crippen LogP contribution is -2.39. The Morgan fingerprint density at radius 3 is 2.37 bits per heavy atom. The molecule has 3 aliphatic rings. The van der Waals surface area contributed by atoms with Crippen LogP contribution in [0, 0.1) is 11.6 Å². The number of hydrogen-bond donors (Lipinski definition) is 2. The first kappa shape index (κ1) is 24.5. The van der Waals surface area contributed by atoms with Crippen molar-refractivity contribution >= 4 is 28.6 Å². The number of pyridine rings is 2. The third-order valence-corrected chi connectivity index (χ3v) is 7.64. The van der Waals surface area contributed by atoms with Crippen LogP contribution in [0.3, 0.4) is 0 Å². The van der Waals surface area contributed by atoms with E-state index in [0.29, 0.717) is 37.8 Å². The van der Waals surface area contributed by atoms with Crippen molar-refractivity contribution in [2.24, 2.45) is 0 Å². The second kappa shape index (κ2) is 9.46. The minimum absolute atomic E-state index is 0.194. The monoisotopic (exact) mass is 524 g/mol. The number of rotatable bonds is 6. The van der Waals surface area contributed by atoms with E-state index in [1.807, 2.05) is 24.3 Å². The Balaban J connectivity index is 1.27. The maximum absolute atomic E-state index is 15.2. The second-order valence-electron chi connectivity index (χ2n) is 9.97. The Hall–Kier alpha value is -3.86. The molecule has 38 heavy (non-hydrogen) atoms. The average Bonchev–Trinajstić information content (AvgIpc) is 3.70. The Labute approximate surface area is 219 Å². The summed E-state index contributed by atoms with van der Waals surface area (Å²) < 4.78 is 45.9. The maximum atomic E-state index is 15.2. The summed E-state index contributed by atoms with van der Waals surface area (Å²) in [4.78, 5) is 12.3. The quantitative estimate of drug-likeness (QED) is 0.464. The van der Waals surface area contributed by atoms with Gasteiger partial charge in [-0.15, -0.1) is 0 Å². The number of benzene rings is 1. The number of nitrogens with zero attached hydrogens (tertiary/aromatic N) is 4. The molecule has 4 heterocycles. The van der Waals surface area contributed by atoms with Crippen LogP contribution >= 0.6 is 0 Å². The lowest BCUT2D eigenvalue weighted by molar-refractivity contribution is 0.122. The van der Waals surface area contributed by atoms with Crippen molar-refractivity contribution in [3.8, 4) is 11.8 Å². The number of anilines is 5. The number of halogens is 2. The van der Waals surface area contributed by atoms with Gasteiger partial charge in [-0.25, -0.2) is 4.98 Å². The molecule has 0 amide bonds. The zero-order chi connectivity index (χ0) is 26.4. The maximum Gasteiger partial charge on any atom is 0.255 e. The van der Waals surface area contributed by atoms with Gasteiger partial charge in [-0.3, -0.25) is 0 Å². The molecule has 0 bridgehead atoms. The number of fused-ring (bicyclic) bond motifs is 2. The van der Waals surface area contributed by atoms with Gasteiger partial charge in [-0.2, -0.15) is 13.8 Å². The molecular weight excluding hydrogens is 494 g/mol. The van der Waals surface area contributed by atoms with E-state index >= 15 is 8.78 Å². The summed E-state index contributed by atoms with van der Waals surface area (Å²) in [6, 6.07) is 8.01. The number of nitrogens with one attached hydrogen (secondary N) is 1. The van der Waals surface area contributed by atoms with Crippen molar-refractivity contribution in [1.82, 2.24) is 9.97 Å². The average molecular weight is 525 g/mol. The first-order valence-corrected chi connectivity index (χ1v) is 12.6. The largest absolute Gasteiger partial charge is 0.479 e. The molecule has 1 saturated carbocycles. The van der Waals surface area contributed by atoms with Crippen molar-refractivity contribution in [2.45, 2.75) is 24.8 Å². The highest BCUT2D eigenvalue weighted by atomic mass is 19.1. The normalized spacial score (nSPS) is 17.8. The lowest BCUT2D eigenvalue weighted by atomic mass is 9.87. The second-order valence-corrected chi connectivity index (χ2v) is 9.97. The van der Waals surface area contributed by atoms with Crippen LogP contribution in [0.15, 0.2) is 30.5 Å². The third-order valence-electron chi connectivity index (χ3n) is 7.64. The summed E-state index contributed by atoms with van der Waals surface area (Å²) >= 11 is 0. The van der Waals surface area contributed by atoms with Crippen molar-refractivity contribution in [2.75, 3.05) is 67.9 Å². The summed E-state index contributed by atoms with van der Waals surface area (Å²) in [5, 5.41) is 3.36. The van der Waals surface area contributed by atoms with Crippen molar-refractivity contribution in [3.63, 3.8) is 0 Å². The molecule has 2 aromatic heterocycles. The Bertz CT molecular complexity index is 1350. The van der Waals surface area contributed by atoms with Gasteiger partial charge in [0.05, 0.1) is 38.8 Å². The van der Waals surface area contributed by atoms with Gasteiger partial charge < -0.3 is 35.1 Å². The summed E-state index contributed by atoms with van der Waals surface area (Å²) in [5.74, 6) is -1.61. The Kier molecular flexibility index (Phi) is 6.10. The van der Waals surface area contributed by atoms with Crippen LogP contribution in [0.1, 0.15) is 24.0 Å². The number of nitrogen functional groups attached to an aromatic ring is 1. The van der Waals surface area contributed by atoms with E-state index in [1.165, 1.54) is 14.2 Å². The summed E-state index contributed by atoms with van der Waals surface area (Å²) in [6.07, 6.45) is 3.60.